The number of aliphatic hydroxyl groups is 2. The molecular formula is C25H35NO8. The molecule has 2 aromatic rings. The molecule has 2 aromatic carbocycles. The molecule has 0 aromatic heterocycles. The van der Waals surface area contributed by atoms with E-state index >= 15 is 0 Å². The molecule has 3 rings (SSSR count). The highest BCUT2D eigenvalue weighted by Gasteiger charge is 2.30. The topological polar surface area (TPSA) is 130 Å². The maximum Gasteiger partial charge on any atom is 0.200 e. The second kappa shape index (κ2) is 12.1. The summed E-state index contributed by atoms with van der Waals surface area (Å²) in [5, 5.41) is 43.0. The van der Waals surface area contributed by atoms with Crippen LogP contribution in [0.1, 0.15) is 43.4 Å². The van der Waals surface area contributed by atoms with Gasteiger partial charge in [0.25, 0.3) is 0 Å². The van der Waals surface area contributed by atoms with E-state index < -0.39 is 12.2 Å². The number of aryl methyl sites for hydroxylation is 1. The molecule has 188 valence electrons. The smallest absolute Gasteiger partial charge is 0.200 e. The Kier molecular flexibility index (Phi) is 9.23. The summed E-state index contributed by atoms with van der Waals surface area (Å²) < 4.78 is 22.4. The van der Waals surface area contributed by atoms with Gasteiger partial charge in [-0.3, -0.25) is 5.32 Å². The second-order valence-electron chi connectivity index (χ2n) is 8.58. The quantitative estimate of drug-likeness (QED) is 0.245. The molecule has 0 aliphatic carbocycles. The van der Waals surface area contributed by atoms with Gasteiger partial charge in [-0.2, -0.15) is 0 Å². The molecule has 34 heavy (non-hydrogen) atoms. The van der Waals surface area contributed by atoms with Gasteiger partial charge in [0.2, 0.25) is 5.75 Å². The van der Waals surface area contributed by atoms with Crippen LogP contribution in [0.4, 0.5) is 0 Å². The molecule has 0 spiro atoms. The molecule has 0 saturated carbocycles. The third kappa shape index (κ3) is 6.89. The minimum absolute atomic E-state index is 0.0437. The first-order chi connectivity index (χ1) is 16.3. The van der Waals surface area contributed by atoms with Crippen molar-refractivity contribution in [3.63, 3.8) is 0 Å². The van der Waals surface area contributed by atoms with E-state index in [0.29, 0.717) is 38.0 Å². The molecule has 1 heterocycles. The van der Waals surface area contributed by atoms with Crippen molar-refractivity contribution in [1.29, 1.82) is 0 Å². The molecule has 5 N–H and O–H groups in total. The molecule has 9 nitrogen and oxygen atoms in total. The molecule has 1 aliphatic rings. The highest BCUT2D eigenvalue weighted by molar-refractivity contribution is 5.53. The molecular weight excluding hydrogens is 442 g/mol. The van der Waals surface area contributed by atoms with Crippen LogP contribution in [-0.2, 0) is 11.2 Å². The Balaban J connectivity index is 1.63. The summed E-state index contributed by atoms with van der Waals surface area (Å²) in [7, 11) is 2.94. The summed E-state index contributed by atoms with van der Waals surface area (Å²) >= 11 is 0. The lowest BCUT2D eigenvalue weighted by atomic mass is 9.93. The molecule has 1 saturated heterocycles. The van der Waals surface area contributed by atoms with Gasteiger partial charge in [-0.05, 0) is 61.6 Å². The van der Waals surface area contributed by atoms with E-state index in [2.05, 4.69) is 5.32 Å². The fourth-order valence-electron chi connectivity index (χ4n) is 4.04. The van der Waals surface area contributed by atoms with E-state index in [4.69, 9.17) is 18.9 Å². The van der Waals surface area contributed by atoms with Crippen molar-refractivity contribution in [2.45, 2.75) is 57.0 Å². The Bertz CT molecular complexity index is 910. The molecule has 0 amide bonds. The van der Waals surface area contributed by atoms with Gasteiger partial charge in [0.1, 0.15) is 6.73 Å². The maximum atomic E-state index is 10.5. The number of phenols is 2. The van der Waals surface area contributed by atoms with Crippen molar-refractivity contribution in [1.82, 2.24) is 5.32 Å². The van der Waals surface area contributed by atoms with E-state index in [-0.39, 0.29) is 41.9 Å². The minimum Gasteiger partial charge on any atom is -0.504 e. The number of hydrogen-bond acceptors (Lipinski definition) is 9. The lowest BCUT2D eigenvalue weighted by Gasteiger charge is -2.34. The van der Waals surface area contributed by atoms with E-state index in [1.165, 1.54) is 14.2 Å². The first kappa shape index (κ1) is 25.9. The minimum atomic E-state index is -0.520. The van der Waals surface area contributed by atoms with Crippen molar-refractivity contribution in [2.24, 2.45) is 0 Å². The summed E-state index contributed by atoms with van der Waals surface area (Å²) in [6.07, 6.45) is 0.753. The van der Waals surface area contributed by atoms with Crippen LogP contribution in [0.3, 0.4) is 0 Å². The average molecular weight is 478 g/mol. The molecule has 9 heteroatoms. The fourth-order valence-corrected chi connectivity index (χ4v) is 4.04. The Hall–Kier alpha value is -2.72. The molecule has 4 atom stereocenters. The zero-order valence-electron chi connectivity index (χ0n) is 19.9. The van der Waals surface area contributed by atoms with Crippen LogP contribution >= 0.6 is 0 Å². The van der Waals surface area contributed by atoms with Crippen LogP contribution in [0.2, 0.25) is 0 Å². The Morgan fingerprint density at radius 2 is 1.76 bits per heavy atom. The maximum absolute atomic E-state index is 10.5. The van der Waals surface area contributed by atoms with Gasteiger partial charge < -0.3 is 39.4 Å². The number of aliphatic hydroxyl groups excluding tert-OH is 2. The Labute approximate surface area is 199 Å². The van der Waals surface area contributed by atoms with Crippen molar-refractivity contribution in [3.8, 4) is 28.7 Å². The third-order valence-electron chi connectivity index (χ3n) is 5.80. The lowest BCUT2D eigenvalue weighted by Crippen LogP contribution is -2.31. The van der Waals surface area contributed by atoms with Crippen molar-refractivity contribution >= 4 is 0 Å². The van der Waals surface area contributed by atoms with E-state index in [1.807, 2.05) is 6.07 Å². The first-order valence-corrected chi connectivity index (χ1v) is 11.4. The van der Waals surface area contributed by atoms with Gasteiger partial charge in [0, 0.05) is 13.0 Å². The number of nitrogens with one attached hydrogen (secondary N) is 1. The predicted octanol–water partition coefficient (Wildman–Crippen LogP) is 2.64. The normalized spacial score (nSPS) is 21.1. The highest BCUT2D eigenvalue weighted by Crippen LogP contribution is 2.42. The number of benzene rings is 2. The Morgan fingerprint density at radius 3 is 2.41 bits per heavy atom. The van der Waals surface area contributed by atoms with E-state index in [0.717, 1.165) is 11.1 Å². The summed E-state index contributed by atoms with van der Waals surface area (Å²) in [5.74, 6) is 0.903. The van der Waals surface area contributed by atoms with Crippen LogP contribution < -0.4 is 19.5 Å². The van der Waals surface area contributed by atoms with Gasteiger partial charge in [-0.25, -0.2) is 0 Å². The second-order valence-corrected chi connectivity index (χ2v) is 8.58. The van der Waals surface area contributed by atoms with Crippen molar-refractivity contribution in [2.75, 3.05) is 27.5 Å². The number of methoxy groups -OCH3 is 2. The van der Waals surface area contributed by atoms with Gasteiger partial charge >= 0.3 is 0 Å². The molecule has 0 bridgehead atoms. The predicted molar refractivity (Wildman–Crippen MR) is 126 cm³/mol. The van der Waals surface area contributed by atoms with Crippen LogP contribution in [0.25, 0.3) is 0 Å². The van der Waals surface area contributed by atoms with Gasteiger partial charge in [0.15, 0.2) is 23.0 Å². The third-order valence-corrected chi connectivity index (χ3v) is 5.80. The number of aromatic hydroxyl groups is 2. The number of ether oxygens (including phenoxy) is 4. The standard InChI is InChI=1S/C25H35NO8/c1-15(27)13-26-14-33-22-8-16(5-7-20(22)29)4-6-19-11-18(28)12-21(34-19)17-9-23(31-2)25(30)24(10-17)32-3/h5,7-10,15,18-19,21,26-30H,4,6,11-14H2,1-3H3/t15-,18-,19+,21-/m0/s1. The van der Waals surface area contributed by atoms with Crippen LogP contribution in [0.5, 0.6) is 28.7 Å². The molecule has 0 unspecified atom stereocenters. The molecule has 1 aliphatic heterocycles. The zero-order valence-corrected chi connectivity index (χ0v) is 19.9. The SMILES string of the molecule is COc1cc([C@@H]2C[C@@H](O)C[C@@H](CCc3ccc(O)c(OCNC[C@H](C)O)c3)O2)cc(OC)c1O. The Morgan fingerprint density at radius 1 is 1.06 bits per heavy atom. The van der Waals surface area contributed by atoms with Crippen molar-refractivity contribution in [3.05, 3.63) is 41.5 Å². The number of rotatable bonds is 11. The van der Waals surface area contributed by atoms with E-state index in [1.54, 1.807) is 31.2 Å². The summed E-state index contributed by atoms with van der Waals surface area (Å²) in [4.78, 5) is 0. The van der Waals surface area contributed by atoms with Gasteiger partial charge in [-0.1, -0.05) is 6.07 Å². The average Bonchev–Trinajstić information content (AvgIpc) is 2.81. The number of phenolic OH excluding ortho intramolecular Hbond substituents is 2. The van der Waals surface area contributed by atoms with Gasteiger partial charge in [0.05, 0.1) is 38.6 Å². The lowest BCUT2D eigenvalue weighted by molar-refractivity contribution is -0.0999. The molecule has 1 fully saturated rings. The van der Waals surface area contributed by atoms with Crippen LogP contribution in [0.15, 0.2) is 30.3 Å². The summed E-state index contributed by atoms with van der Waals surface area (Å²) in [5.41, 5.74) is 1.73. The zero-order chi connectivity index (χ0) is 24.7. The highest BCUT2D eigenvalue weighted by atomic mass is 16.5. The van der Waals surface area contributed by atoms with Gasteiger partial charge in [-0.15, -0.1) is 0 Å². The fraction of sp³-hybridized carbons (Fsp3) is 0.520. The monoisotopic (exact) mass is 477 g/mol. The number of hydrogen-bond donors (Lipinski definition) is 5. The first-order valence-electron chi connectivity index (χ1n) is 11.4. The largest absolute Gasteiger partial charge is 0.504 e. The summed E-state index contributed by atoms with van der Waals surface area (Å²) in [6, 6.07) is 8.61. The van der Waals surface area contributed by atoms with Crippen molar-refractivity contribution < 1.29 is 39.4 Å². The van der Waals surface area contributed by atoms with Crippen LogP contribution in [-0.4, -0.2) is 66.2 Å². The summed E-state index contributed by atoms with van der Waals surface area (Å²) in [6.45, 7) is 2.23. The van der Waals surface area contributed by atoms with E-state index in [9.17, 15) is 20.4 Å². The molecule has 0 radical (unpaired) electrons. The van der Waals surface area contributed by atoms with Crippen LogP contribution in [0, 0.1) is 0 Å².